The van der Waals surface area contributed by atoms with Crippen LogP contribution in [-0.4, -0.2) is 26.0 Å². The van der Waals surface area contributed by atoms with E-state index in [0.29, 0.717) is 12.1 Å². The molecule has 1 saturated heterocycles. The van der Waals surface area contributed by atoms with Crippen LogP contribution >= 0.6 is 0 Å². The second-order valence-corrected chi connectivity index (χ2v) is 6.52. The van der Waals surface area contributed by atoms with E-state index in [1.54, 1.807) is 25.1 Å². The van der Waals surface area contributed by atoms with E-state index >= 15 is 0 Å². The third-order valence-corrected chi connectivity index (χ3v) is 5.20. The Balaban J connectivity index is 2.36. The molecule has 0 bridgehead atoms. The van der Waals surface area contributed by atoms with Gasteiger partial charge >= 0.3 is 0 Å². The largest absolute Gasteiger partial charge is 0.256 e. The lowest BCUT2D eigenvalue weighted by Gasteiger charge is -2.18. The summed E-state index contributed by atoms with van der Waals surface area (Å²) in [5.41, 5.74) is 6.02. The SMILES string of the molecule is CCS(=O)(=O)C1CNNC1c1ccccc1F. The Morgan fingerprint density at radius 1 is 1.41 bits per heavy atom. The van der Waals surface area contributed by atoms with Gasteiger partial charge in [-0.2, -0.15) is 0 Å². The Hall–Kier alpha value is -0.980. The predicted octanol–water partition coefficient (Wildman–Crippen LogP) is 0.778. The molecule has 17 heavy (non-hydrogen) atoms. The lowest BCUT2D eigenvalue weighted by molar-refractivity contribution is 0.523. The van der Waals surface area contributed by atoms with Crippen LogP contribution in [0.1, 0.15) is 18.5 Å². The maximum atomic E-state index is 13.6. The van der Waals surface area contributed by atoms with Crippen molar-refractivity contribution in [3.63, 3.8) is 0 Å². The lowest BCUT2D eigenvalue weighted by atomic mass is 10.0. The molecule has 0 spiro atoms. The number of hydrogen-bond acceptors (Lipinski definition) is 4. The zero-order valence-electron chi connectivity index (χ0n) is 9.48. The van der Waals surface area contributed by atoms with Gasteiger partial charge in [-0.05, 0) is 6.07 Å². The quantitative estimate of drug-likeness (QED) is 0.841. The summed E-state index contributed by atoms with van der Waals surface area (Å²) < 4.78 is 37.4. The van der Waals surface area contributed by atoms with Crippen molar-refractivity contribution in [3.05, 3.63) is 35.6 Å². The van der Waals surface area contributed by atoms with Crippen molar-refractivity contribution in [2.75, 3.05) is 12.3 Å². The highest BCUT2D eigenvalue weighted by Crippen LogP contribution is 2.26. The molecule has 1 heterocycles. The molecule has 0 radical (unpaired) electrons. The number of halogens is 1. The molecular formula is C11H15FN2O2S. The zero-order valence-corrected chi connectivity index (χ0v) is 10.3. The van der Waals surface area contributed by atoms with E-state index in [0.717, 1.165) is 0 Å². The Morgan fingerprint density at radius 2 is 2.12 bits per heavy atom. The van der Waals surface area contributed by atoms with Crippen LogP contribution in [0.4, 0.5) is 4.39 Å². The average molecular weight is 258 g/mol. The van der Waals surface area contributed by atoms with Crippen LogP contribution in [0, 0.1) is 5.82 Å². The minimum absolute atomic E-state index is 0.0615. The highest BCUT2D eigenvalue weighted by Gasteiger charge is 2.38. The van der Waals surface area contributed by atoms with Gasteiger partial charge in [-0.25, -0.2) is 18.2 Å². The molecule has 0 aliphatic carbocycles. The Kier molecular flexibility index (Phi) is 3.46. The van der Waals surface area contributed by atoms with Gasteiger partial charge in [-0.1, -0.05) is 25.1 Å². The standard InChI is InChI=1S/C11H15FN2O2S/c1-2-17(15,16)10-7-13-14-11(10)8-5-3-4-6-9(8)12/h3-6,10-11,13-14H,2,7H2,1H3. The molecule has 1 fully saturated rings. The van der Waals surface area contributed by atoms with Gasteiger partial charge in [0.25, 0.3) is 0 Å². The third-order valence-electron chi connectivity index (χ3n) is 3.04. The second-order valence-electron chi connectivity index (χ2n) is 4.01. The number of hydrogen-bond donors (Lipinski definition) is 2. The Morgan fingerprint density at radius 3 is 2.76 bits per heavy atom. The van der Waals surface area contributed by atoms with Crippen molar-refractivity contribution in [2.24, 2.45) is 0 Å². The predicted molar refractivity (Wildman–Crippen MR) is 63.5 cm³/mol. The number of rotatable bonds is 3. The molecule has 2 rings (SSSR count). The van der Waals surface area contributed by atoms with Gasteiger partial charge < -0.3 is 0 Å². The fourth-order valence-corrected chi connectivity index (χ4v) is 3.43. The Labute approximate surface area is 100 Å². The molecule has 94 valence electrons. The summed E-state index contributed by atoms with van der Waals surface area (Å²) >= 11 is 0. The first-order valence-corrected chi connectivity index (χ1v) is 7.22. The number of benzene rings is 1. The van der Waals surface area contributed by atoms with Gasteiger partial charge in [-0.15, -0.1) is 0 Å². The first-order valence-electron chi connectivity index (χ1n) is 5.50. The van der Waals surface area contributed by atoms with E-state index in [1.165, 1.54) is 6.07 Å². The number of sulfone groups is 1. The van der Waals surface area contributed by atoms with E-state index < -0.39 is 21.1 Å². The van der Waals surface area contributed by atoms with E-state index in [2.05, 4.69) is 10.9 Å². The molecule has 2 atom stereocenters. The molecule has 1 aromatic carbocycles. The molecule has 2 N–H and O–H groups in total. The van der Waals surface area contributed by atoms with Gasteiger partial charge in [-0.3, -0.25) is 5.43 Å². The maximum Gasteiger partial charge on any atom is 0.156 e. The van der Waals surface area contributed by atoms with Crippen LogP contribution in [-0.2, 0) is 9.84 Å². The molecule has 2 unspecified atom stereocenters. The van der Waals surface area contributed by atoms with Crippen molar-refractivity contribution in [3.8, 4) is 0 Å². The summed E-state index contributed by atoms with van der Waals surface area (Å²) in [7, 11) is -3.20. The molecule has 0 amide bonds. The minimum Gasteiger partial charge on any atom is -0.256 e. The van der Waals surface area contributed by atoms with E-state index in [1.807, 2.05) is 0 Å². The fourth-order valence-electron chi connectivity index (χ4n) is 2.03. The number of hydrazine groups is 1. The van der Waals surface area contributed by atoms with Crippen molar-refractivity contribution >= 4 is 9.84 Å². The van der Waals surface area contributed by atoms with Crippen molar-refractivity contribution in [2.45, 2.75) is 18.2 Å². The molecule has 6 heteroatoms. The normalized spacial score (nSPS) is 25.1. The molecular weight excluding hydrogens is 243 g/mol. The first-order chi connectivity index (χ1) is 8.06. The van der Waals surface area contributed by atoms with Gasteiger partial charge in [0.05, 0.1) is 11.3 Å². The summed E-state index contributed by atoms with van der Waals surface area (Å²) in [6.45, 7) is 1.90. The van der Waals surface area contributed by atoms with Crippen LogP contribution in [0.15, 0.2) is 24.3 Å². The second kappa shape index (κ2) is 4.72. The van der Waals surface area contributed by atoms with Gasteiger partial charge in [0.15, 0.2) is 9.84 Å². The molecule has 1 aliphatic heterocycles. The zero-order chi connectivity index (χ0) is 12.5. The summed E-state index contributed by atoms with van der Waals surface area (Å²) in [4.78, 5) is 0. The van der Waals surface area contributed by atoms with Crippen LogP contribution in [0.5, 0.6) is 0 Å². The monoisotopic (exact) mass is 258 g/mol. The summed E-state index contributed by atoms with van der Waals surface area (Å²) in [5, 5.41) is -0.621. The smallest absolute Gasteiger partial charge is 0.156 e. The van der Waals surface area contributed by atoms with Crippen molar-refractivity contribution in [1.29, 1.82) is 0 Å². The molecule has 0 saturated carbocycles. The van der Waals surface area contributed by atoms with Crippen molar-refractivity contribution in [1.82, 2.24) is 10.9 Å². The first kappa shape index (κ1) is 12.5. The highest BCUT2D eigenvalue weighted by molar-refractivity contribution is 7.92. The van der Waals surface area contributed by atoms with Crippen LogP contribution in [0.2, 0.25) is 0 Å². The number of nitrogens with one attached hydrogen (secondary N) is 2. The van der Waals surface area contributed by atoms with Gasteiger partial charge in [0.2, 0.25) is 0 Å². The van der Waals surface area contributed by atoms with E-state index in [4.69, 9.17) is 0 Å². The van der Waals surface area contributed by atoms with Gasteiger partial charge in [0, 0.05) is 17.9 Å². The Bertz CT molecular complexity index is 504. The van der Waals surface area contributed by atoms with Crippen LogP contribution in [0.25, 0.3) is 0 Å². The van der Waals surface area contributed by atoms with E-state index in [9.17, 15) is 12.8 Å². The summed E-state index contributed by atoms with van der Waals surface area (Å²) in [6.07, 6.45) is 0. The minimum atomic E-state index is -3.20. The highest BCUT2D eigenvalue weighted by atomic mass is 32.2. The van der Waals surface area contributed by atoms with Crippen LogP contribution < -0.4 is 10.9 Å². The molecule has 1 aliphatic rings. The molecule has 0 aromatic heterocycles. The third kappa shape index (κ3) is 2.34. The van der Waals surface area contributed by atoms with Crippen molar-refractivity contribution < 1.29 is 12.8 Å². The maximum absolute atomic E-state index is 13.6. The lowest BCUT2D eigenvalue weighted by Crippen LogP contribution is -2.31. The van der Waals surface area contributed by atoms with Gasteiger partial charge in [0.1, 0.15) is 5.82 Å². The molecule has 1 aromatic rings. The fraction of sp³-hybridized carbons (Fsp3) is 0.455. The summed E-state index contributed by atoms with van der Waals surface area (Å²) in [5.74, 6) is -0.323. The topological polar surface area (TPSA) is 58.2 Å². The summed E-state index contributed by atoms with van der Waals surface area (Å²) in [6, 6.07) is 5.71. The molecule has 4 nitrogen and oxygen atoms in total. The van der Waals surface area contributed by atoms with Crippen LogP contribution in [0.3, 0.4) is 0 Å². The average Bonchev–Trinajstić information content (AvgIpc) is 2.79. The van der Waals surface area contributed by atoms with E-state index in [-0.39, 0.29) is 11.6 Å².